The third kappa shape index (κ3) is 14.9. The first kappa shape index (κ1) is 8.92. The molecule has 0 aromatic carbocycles. The molecule has 30 valence electrons. The molecule has 0 bridgehead atoms. The summed E-state index contributed by atoms with van der Waals surface area (Å²) in [6.07, 6.45) is 3.28. The van der Waals surface area contributed by atoms with Crippen LogP contribution in [0.4, 0.5) is 0 Å². The minimum absolute atomic E-state index is 0. The second-order valence-corrected chi connectivity index (χ2v) is 0.471. The van der Waals surface area contributed by atoms with Gasteiger partial charge in [-0.3, -0.25) is 0 Å². The molecule has 0 atom stereocenters. The van der Waals surface area contributed by atoms with Crippen LogP contribution in [-0.4, -0.2) is 0 Å². The van der Waals surface area contributed by atoms with Crippen LogP contribution in [-0.2, 0) is 19.5 Å². The van der Waals surface area contributed by atoms with Crippen LogP contribution in [0.5, 0.6) is 0 Å². The zero-order valence-corrected chi connectivity index (χ0v) is 4.66. The van der Waals surface area contributed by atoms with Crippen molar-refractivity contribution in [3.63, 3.8) is 0 Å². The van der Waals surface area contributed by atoms with Crippen LogP contribution in [0.3, 0.4) is 0 Å². The molecule has 0 unspecified atom stereocenters. The summed E-state index contributed by atoms with van der Waals surface area (Å²) in [5.74, 6) is 0. The Balaban J connectivity index is 0. The Kier molecular flexibility index (Phi) is 15.9. The second-order valence-electron chi connectivity index (χ2n) is 0.471. The summed E-state index contributed by atoms with van der Waals surface area (Å²) in [5, 5.41) is 0. The summed E-state index contributed by atoms with van der Waals surface area (Å²) < 4.78 is 0. The van der Waals surface area contributed by atoms with Gasteiger partial charge in [-0.05, 0) is 0 Å². The van der Waals surface area contributed by atoms with Crippen molar-refractivity contribution in [2.24, 2.45) is 0 Å². The van der Waals surface area contributed by atoms with Crippen molar-refractivity contribution in [1.29, 1.82) is 0 Å². The largest absolute Gasteiger partial charge is 0.0991 e. The molecular formula is C4H6Ru. The number of hydrogen-bond donors (Lipinski definition) is 0. The van der Waals surface area contributed by atoms with Crippen LogP contribution >= 0.6 is 0 Å². The quantitative estimate of drug-likeness (QED) is 0.396. The van der Waals surface area contributed by atoms with Gasteiger partial charge in [0.1, 0.15) is 0 Å². The normalized spacial score (nSPS) is 4.00. The fourth-order valence-corrected chi connectivity index (χ4v) is 0. The van der Waals surface area contributed by atoms with E-state index in [-0.39, 0.29) is 19.5 Å². The fourth-order valence-electron chi connectivity index (χ4n) is 0. The molecule has 0 aromatic heterocycles. The van der Waals surface area contributed by atoms with E-state index in [9.17, 15) is 0 Å². The minimum atomic E-state index is 0. The maximum Gasteiger partial charge on any atom is 0 e. The minimum Gasteiger partial charge on any atom is -0.0991 e. The van der Waals surface area contributed by atoms with Crippen molar-refractivity contribution in [3.8, 4) is 0 Å². The molecule has 5 heavy (non-hydrogen) atoms. The van der Waals surface area contributed by atoms with Crippen LogP contribution < -0.4 is 0 Å². The van der Waals surface area contributed by atoms with E-state index in [2.05, 4.69) is 13.2 Å². The van der Waals surface area contributed by atoms with Crippen molar-refractivity contribution >= 4 is 0 Å². The molecule has 0 fully saturated rings. The van der Waals surface area contributed by atoms with E-state index in [1.165, 1.54) is 0 Å². The molecule has 0 N–H and O–H groups in total. The van der Waals surface area contributed by atoms with Gasteiger partial charge in [-0.1, -0.05) is 25.3 Å². The van der Waals surface area contributed by atoms with Crippen molar-refractivity contribution in [1.82, 2.24) is 0 Å². The van der Waals surface area contributed by atoms with Crippen LogP contribution in [0.25, 0.3) is 0 Å². The summed E-state index contributed by atoms with van der Waals surface area (Å²) in [6, 6.07) is 0. The summed E-state index contributed by atoms with van der Waals surface area (Å²) in [7, 11) is 0. The van der Waals surface area contributed by atoms with Crippen molar-refractivity contribution < 1.29 is 19.5 Å². The molecule has 0 aliphatic rings. The van der Waals surface area contributed by atoms with E-state index >= 15 is 0 Å². The number of rotatable bonds is 1. The molecule has 0 aliphatic heterocycles. The zero-order valence-electron chi connectivity index (χ0n) is 2.92. The molecule has 0 rings (SSSR count). The third-order valence-electron chi connectivity index (χ3n) is 0.167. The Morgan fingerprint density at radius 1 is 1.00 bits per heavy atom. The molecule has 0 radical (unpaired) electrons. The Labute approximate surface area is 45.3 Å². The maximum absolute atomic E-state index is 3.36. The molecule has 0 heterocycles. The van der Waals surface area contributed by atoms with Crippen LogP contribution in [0.15, 0.2) is 25.3 Å². The average molecular weight is 155 g/mol. The molecule has 0 spiro atoms. The topological polar surface area (TPSA) is 0 Å². The first-order chi connectivity index (χ1) is 1.91. The van der Waals surface area contributed by atoms with E-state index < -0.39 is 0 Å². The summed E-state index contributed by atoms with van der Waals surface area (Å²) in [5.41, 5.74) is 0. The van der Waals surface area contributed by atoms with Gasteiger partial charge in [0, 0.05) is 19.5 Å². The van der Waals surface area contributed by atoms with E-state index in [4.69, 9.17) is 0 Å². The number of allylic oxidation sites excluding steroid dienone is 2. The molecular weight excluding hydrogens is 149 g/mol. The molecule has 0 saturated carbocycles. The van der Waals surface area contributed by atoms with Gasteiger partial charge in [-0.25, -0.2) is 0 Å². The van der Waals surface area contributed by atoms with Gasteiger partial charge in [-0.15, -0.1) is 0 Å². The first-order valence-corrected chi connectivity index (χ1v) is 1.15. The van der Waals surface area contributed by atoms with E-state index in [1.54, 1.807) is 12.2 Å². The van der Waals surface area contributed by atoms with Crippen molar-refractivity contribution in [2.45, 2.75) is 0 Å². The van der Waals surface area contributed by atoms with Crippen molar-refractivity contribution in [2.75, 3.05) is 0 Å². The van der Waals surface area contributed by atoms with Crippen LogP contribution in [0.1, 0.15) is 0 Å². The monoisotopic (exact) mass is 156 g/mol. The van der Waals surface area contributed by atoms with Gasteiger partial charge < -0.3 is 0 Å². The van der Waals surface area contributed by atoms with Crippen LogP contribution in [0, 0.1) is 0 Å². The molecule has 0 aromatic rings. The van der Waals surface area contributed by atoms with E-state index in [1.807, 2.05) is 0 Å². The standard InChI is InChI=1S/C4H6.Ru/c1-3-4-2;/h3-4H,1-2H2;. The molecule has 0 aliphatic carbocycles. The fraction of sp³-hybridized carbons (Fsp3) is 0. The van der Waals surface area contributed by atoms with Crippen molar-refractivity contribution in [3.05, 3.63) is 25.3 Å². The van der Waals surface area contributed by atoms with Crippen LogP contribution in [0.2, 0.25) is 0 Å². The molecule has 0 saturated heterocycles. The Bertz CT molecular complexity index is 24.6. The Morgan fingerprint density at radius 3 is 1.20 bits per heavy atom. The SMILES string of the molecule is C=CC=C.[Ru]. The third-order valence-corrected chi connectivity index (χ3v) is 0.167. The van der Waals surface area contributed by atoms with Gasteiger partial charge in [0.25, 0.3) is 0 Å². The van der Waals surface area contributed by atoms with Gasteiger partial charge in [-0.2, -0.15) is 0 Å². The van der Waals surface area contributed by atoms with Gasteiger partial charge in [0.2, 0.25) is 0 Å². The smallest absolute Gasteiger partial charge is 0 e. The Hall–Kier alpha value is 0.103. The van der Waals surface area contributed by atoms with E-state index in [0.717, 1.165) is 0 Å². The predicted molar refractivity (Wildman–Crippen MR) is 20.4 cm³/mol. The summed E-state index contributed by atoms with van der Waals surface area (Å²) in [4.78, 5) is 0. The van der Waals surface area contributed by atoms with Gasteiger partial charge in [0.05, 0.1) is 0 Å². The van der Waals surface area contributed by atoms with Gasteiger partial charge >= 0.3 is 0 Å². The second kappa shape index (κ2) is 8.93. The Morgan fingerprint density at radius 2 is 1.20 bits per heavy atom. The zero-order chi connectivity index (χ0) is 3.41. The number of hydrogen-bond acceptors (Lipinski definition) is 0. The first-order valence-electron chi connectivity index (χ1n) is 1.15. The molecule has 0 nitrogen and oxygen atoms in total. The summed E-state index contributed by atoms with van der Waals surface area (Å²) >= 11 is 0. The predicted octanol–water partition coefficient (Wildman–Crippen LogP) is 1.36. The average Bonchev–Trinajstić information content (AvgIpc) is 1.37. The molecule has 0 amide bonds. The maximum atomic E-state index is 3.36. The molecule has 1 heteroatoms. The summed E-state index contributed by atoms with van der Waals surface area (Å²) in [6.45, 7) is 6.72. The van der Waals surface area contributed by atoms with Gasteiger partial charge in [0.15, 0.2) is 0 Å². The van der Waals surface area contributed by atoms with E-state index in [0.29, 0.717) is 0 Å².